The zero-order valence-electron chi connectivity index (χ0n) is 11.2. The van der Waals surface area contributed by atoms with Crippen LogP contribution in [0.1, 0.15) is 17.5 Å². The Bertz CT molecular complexity index is 676. The van der Waals surface area contributed by atoms with Crippen molar-refractivity contribution in [3.8, 4) is 0 Å². The lowest BCUT2D eigenvalue weighted by molar-refractivity contribution is -0.129. The summed E-state index contributed by atoms with van der Waals surface area (Å²) < 4.78 is 39.0. The molecular formula is C15H12F3NO2. The molecule has 0 bridgehead atoms. The number of nitrogens with zero attached hydrogens (tertiary/aromatic N) is 1. The minimum Gasteiger partial charge on any atom is -0.304 e. The highest BCUT2D eigenvalue weighted by atomic mass is 19.4. The van der Waals surface area contributed by atoms with Gasteiger partial charge < -0.3 is 4.90 Å². The van der Waals surface area contributed by atoms with Crippen molar-refractivity contribution in [1.82, 2.24) is 0 Å². The first-order valence-electron chi connectivity index (χ1n) is 6.53. The number of fused-ring (bicyclic) bond motifs is 3. The van der Waals surface area contributed by atoms with Gasteiger partial charge in [-0.3, -0.25) is 9.59 Å². The molecule has 3 rings (SSSR count). The molecule has 2 aliphatic rings. The molecule has 2 aliphatic heterocycles. The second-order valence-electron chi connectivity index (χ2n) is 5.34. The third-order valence-corrected chi connectivity index (χ3v) is 3.88. The molecule has 1 atom stereocenters. The van der Waals surface area contributed by atoms with Gasteiger partial charge in [0, 0.05) is 12.5 Å². The van der Waals surface area contributed by atoms with Crippen LogP contribution in [0, 0.1) is 6.92 Å². The van der Waals surface area contributed by atoms with Crippen molar-refractivity contribution in [2.75, 3.05) is 4.90 Å². The van der Waals surface area contributed by atoms with Crippen LogP contribution in [0.5, 0.6) is 0 Å². The van der Waals surface area contributed by atoms with E-state index in [-0.39, 0.29) is 6.42 Å². The van der Waals surface area contributed by atoms with Gasteiger partial charge in [0.15, 0.2) is 5.78 Å². The third kappa shape index (κ3) is 2.14. The lowest BCUT2D eigenvalue weighted by Crippen LogP contribution is -2.40. The molecule has 1 aromatic carbocycles. The standard InChI is InChI=1S/C15H12F3NO2/c1-8-3-2-4-9-5-10-6-11(20)7-12(15(16,17)18)14(21)19(10)13(8)9/h2-4,7,10H,5-6H2,1H3. The Hall–Kier alpha value is -2.11. The average Bonchev–Trinajstić information content (AvgIpc) is 2.67. The Morgan fingerprint density at radius 3 is 2.57 bits per heavy atom. The molecule has 2 heterocycles. The van der Waals surface area contributed by atoms with Gasteiger partial charge >= 0.3 is 6.18 Å². The predicted molar refractivity (Wildman–Crippen MR) is 69.9 cm³/mol. The van der Waals surface area contributed by atoms with Gasteiger partial charge in [0.2, 0.25) is 0 Å². The second-order valence-corrected chi connectivity index (χ2v) is 5.34. The van der Waals surface area contributed by atoms with Gasteiger partial charge in [-0.2, -0.15) is 13.2 Å². The summed E-state index contributed by atoms with van der Waals surface area (Å²) >= 11 is 0. The van der Waals surface area contributed by atoms with Crippen LogP contribution in [-0.4, -0.2) is 23.9 Å². The largest absolute Gasteiger partial charge is 0.421 e. The number of hydrogen-bond donors (Lipinski definition) is 0. The summed E-state index contributed by atoms with van der Waals surface area (Å²) in [6.45, 7) is 1.75. The van der Waals surface area contributed by atoms with E-state index < -0.39 is 29.5 Å². The fraction of sp³-hybridized carbons (Fsp3) is 0.333. The van der Waals surface area contributed by atoms with E-state index in [0.717, 1.165) is 16.0 Å². The van der Waals surface area contributed by atoms with Crippen molar-refractivity contribution in [3.05, 3.63) is 41.0 Å². The first-order chi connectivity index (χ1) is 9.79. The van der Waals surface area contributed by atoms with E-state index in [4.69, 9.17) is 0 Å². The van der Waals surface area contributed by atoms with Crippen LogP contribution in [0.25, 0.3) is 0 Å². The molecule has 1 unspecified atom stereocenters. The molecular weight excluding hydrogens is 283 g/mol. The number of halogens is 3. The van der Waals surface area contributed by atoms with Crippen molar-refractivity contribution >= 4 is 17.4 Å². The van der Waals surface area contributed by atoms with Crippen LogP contribution < -0.4 is 4.90 Å². The maximum absolute atomic E-state index is 13.0. The number of allylic oxidation sites excluding steroid dienone is 1. The maximum Gasteiger partial charge on any atom is 0.421 e. The highest BCUT2D eigenvalue weighted by Crippen LogP contribution is 2.40. The summed E-state index contributed by atoms with van der Waals surface area (Å²) in [5.74, 6) is -1.79. The van der Waals surface area contributed by atoms with Gasteiger partial charge in [-0.25, -0.2) is 0 Å². The number of carbonyl (C=O) groups excluding carboxylic acids is 2. The summed E-state index contributed by atoms with van der Waals surface area (Å²) in [5, 5.41) is 0. The summed E-state index contributed by atoms with van der Waals surface area (Å²) in [6.07, 6.45) is -4.06. The number of alkyl halides is 3. The lowest BCUT2D eigenvalue weighted by Gasteiger charge is -2.25. The molecule has 0 spiro atoms. The smallest absolute Gasteiger partial charge is 0.304 e. The molecule has 1 amide bonds. The highest BCUT2D eigenvalue weighted by molar-refractivity contribution is 6.14. The number of benzene rings is 1. The number of rotatable bonds is 0. The van der Waals surface area contributed by atoms with E-state index in [2.05, 4.69) is 0 Å². The Morgan fingerprint density at radius 2 is 1.90 bits per heavy atom. The monoisotopic (exact) mass is 295 g/mol. The van der Waals surface area contributed by atoms with Gasteiger partial charge in [-0.05, 0) is 30.5 Å². The van der Waals surface area contributed by atoms with E-state index in [1.807, 2.05) is 0 Å². The quantitative estimate of drug-likeness (QED) is 0.738. The number of hydrogen-bond acceptors (Lipinski definition) is 2. The van der Waals surface area contributed by atoms with E-state index >= 15 is 0 Å². The molecule has 0 N–H and O–H groups in total. The molecule has 1 aromatic rings. The lowest BCUT2D eigenvalue weighted by atomic mass is 10.0. The second kappa shape index (κ2) is 4.44. The van der Waals surface area contributed by atoms with Crippen LogP contribution in [0.3, 0.4) is 0 Å². The normalized spacial score (nSPS) is 21.8. The number of anilines is 1. The number of ketones is 1. The summed E-state index contributed by atoms with van der Waals surface area (Å²) in [5.41, 5.74) is 0.673. The van der Waals surface area contributed by atoms with E-state index in [1.165, 1.54) is 0 Å². The van der Waals surface area contributed by atoms with Crippen molar-refractivity contribution in [1.29, 1.82) is 0 Å². The van der Waals surface area contributed by atoms with Gasteiger partial charge in [-0.1, -0.05) is 18.2 Å². The van der Waals surface area contributed by atoms with Gasteiger partial charge in [0.1, 0.15) is 5.57 Å². The third-order valence-electron chi connectivity index (χ3n) is 3.88. The molecule has 21 heavy (non-hydrogen) atoms. The van der Waals surface area contributed by atoms with Crippen LogP contribution in [0.15, 0.2) is 29.8 Å². The Morgan fingerprint density at radius 1 is 1.19 bits per heavy atom. The molecule has 6 heteroatoms. The minimum absolute atomic E-state index is 0.0839. The number of aryl methyl sites for hydroxylation is 1. The summed E-state index contributed by atoms with van der Waals surface area (Å²) in [7, 11) is 0. The number of amides is 1. The first-order valence-corrected chi connectivity index (χ1v) is 6.53. The fourth-order valence-electron chi connectivity index (χ4n) is 3.03. The number of para-hydroxylation sites is 1. The molecule has 0 fully saturated rings. The Balaban J connectivity index is 2.14. The van der Waals surface area contributed by atoms with Gasteiger partial charge in [-0.15, -0.1) is 0 Å². The maximum atomic E-state index is 13.0. The van der Waals surface area contributed by atoms with Crippen molar-refractivity contribution in [3.63, 3.8) is 0 Å². The molecule has 0 aliphatic carbocycles. The SMILES string of the molecule is Cc1cccc2c1N1C(=O)C(C(F)(F)F)=CC(=O)CC1C2. The van der Waals surface area contributed by atoms with Crippen LogP contribution in [0.2, 0.25) is 0 Å². The minimum atomic E-state index is -4.83. The molecule has 110 valence electrons. The highest BCUT2D eigenvalue weighted by Gasteiger charge is 2.47. The zero-order chi connectivity index (χ0) is 15.4. The average molecular weight is 295 g/mol. The topological polar surface area (TPSA) is 37.4 Å². The van der Waals surface area contributed by atoms with Crippen LogP contribution >= 0.6 is 0 Å². The van der Waals surface area contributed by atoms with Crippen molar-refractivity contribution < 1.29 is 22.8 Å². The fourth-order valence-corrected chi connectivity index (χ4v) is 3.03. The molecule has 0 radical (unpaired) electrons. The zero-order valence-corrected chi connectivity index (χ0v) is 11.2. The molecule has 0 saturated carbocycles. The predicted octanol–water partition coefficient (Wildman–Crippen LogP) is 2.71. The first kappa shape index (κ1) is 13.9. The van der Waals surface area contributed by atoms with E-state index in [9.17, 15) is 22.8 Å². The summed E-state index contributed by atoms with van der Waals surface area (Å²) in [6, 6.07) is 4.80. The Labute approximate surface area is 119 Å². The van der Waals surface area contributed by atoms with E-state index in [1.54, 1.807) is 25.1 Å². The molecule has 3 nitrogen and oxygen atoms in total. The molecule has 0 aromatic heterocycles. The van der Waals surface area contributed by atoms with Gasteiger partial charge in [0.25, 0.3) is 5.91 Å². The van der Waals surface area contributed by atoms with Crippen molar-refractivity contribution in [2.24, 2.45) is 0 Å². The molecule has 0 saturated heterocycles. The van der Waals surface area contributed by atoms with Crippen LogP contribution in [0.4, 0.5) is 18.9 Å². The number of carbonyl (C=O) groups is 2. The van der Waals surface area contributed by atoms with Crippen molar-refractivity contribution in [2.45, 2.75) is 32.0 Å². The van der Waals surface area contributed by atoms with E-state index in [0.29, 0.717) is 18.2 Å². The summed E-state index contributed by atoms with van der Waals surface area (Å²) in [4.78, 5) is 25.2. The van der Waals surface area contributed by atoms with Gasteiger partial charge in [0.05, 0.1) is 5.69 Å². The van der Waals surface area contributed by atoms with Crippen LogP contribution in [-0.2, 0) is 16.0 Å². The Kier molecular flexibility index (Phi) is 2.93.